The second kappa shape index (κ2) is 4.86. The number of para-hydroxylation sites is 1. The van der Waals surface area contributed by atoms with Crippen molar-refractivity contribution in [2.45, 2.75) is 12.5 Å². The molecule has 0 aliphatic carbocycles. The Morgan fingerprint density at radius 1 is 1.10 bits per heavy atom. The fraction of sp³-hybridized carbons (Fsp3) is 0.562. The van der Waals surface area contributed by atoms with Crippen LogP contribution in [-0.2, 0) is 9.53 Å². The molecule has 0 bridgehead atoms. The first-order chi connectivity index (χ1) is 9.83. The van der Waals surface area contributed by atoms with Crippen LogP contribution in [0.15, 0.2) is 30.3 Å². The van der Waals surface area contributed by atoms with Crippen molar-refractivity contribution in [3.8, 4) is 0 Å². The summed E-state index contributed by atoms with van der Waals surface area (Å²) in [6, 6.07) is 10.6. The zero-order chi connectivity index (χ0) is 13.5. The van der Waals surface area contributed by atoms with Gasteiger partial charge in [0.2, 0.25) is 5.91 Å². The second-order valence-corrected chi connectivity index (χ2v) is 6.12. The van der Waals surface area contributed by atoms with E-state index in [2.05, 4.69) is 4.90 Å². The molecule has 1 amide bonds. The average Bonchev–Trinajstić information content (AvgIpc) is 3.17. The van der Waals surface area contributed by atoms with E-state index in [4.69, 9.17) is 4.74 Å². The summed E-state index contributed by atoms with van der Waals surface area (Å²) in [4.78, 5) is 17.1. The van der Waals surface area contributed by atoms with Crippen LogP contribution in [0.4, 0.5) is 5.69 Å². The number of hydrogen-bond donors (Lipinski definition) is 0. The van der Waals surface area contributed by atoms with Gasteiger partial charge in [0, 0.05) is 43.9 Å². The third-order valence-electron chi connectivity index (χ3n) is 4.96. The number of hydrogen-bond acceptors (Lipinski definition) is 3. The van der Waals surface area contributed by atoms with Crippen LogP contribution in [0, 0.1) is 11.8 Å². The number of ether oxygens (including phenoxy) is 1. The Morgan fingerprint density at radius 2 is 1.95 bits per heavy atom. The van der Waals surface area contributed by atoms with Gasteiger partial charge in [-0.05, 0) is 18.6 Å². The van der Waals surface area contributed by atoms with Crippen LogP contribution >= 0.6 is 0 Å². The molecule has 4 rings (SSSR count). The average molecular weight is 272 g/mol. The Hall–Kier alpha value is -1.39. The maximum atomic E-state index is 12.6. The van der Waals surface area contributed by atoms with Crippen LogP contribution in [0.25, 0.3) is 0 Å². The smallest absolute Gasteiger partial charge is 0.231 e. The standard InChI is InChI=1S/C16H20N2O2/c19-16-15-10-17(14-6-7-20-11-14)8-12(15)9-18(16)13-4-2-1-3-5-13/h1-5,12,14-15H,6-11H2/t12-,14+,15-/m0/s1. The van der Waals surface area contributed by atoms with Crippen molar-refractivity contribution in [3.05, 3.63) is 30.3 Å². The molecule has 4 heteroatoms. The molecule has 3 atom stereocenters. The zero-order valence-electron chi connectivity index (χ0n) is 11.6. The maximum Gasteiger partial charge on any atom is 0.231 e. The van der Waals surface area contributed by atoms with Gasteiger partial charge in [-0.3, -0.25) is 9.69 Å². The molecule has 106 valence electrons. The van der Waals surface area contributed by atoms with Crippen LogP contribution < -0.4 is 4.90 Å². The van der Waals surface area contributed by atoms with E-state index in [0.717, 1.165) is 45.0 Å². The fourth-order valence-electron chi connectivity index (χ4n) is 3.84. The molecule has 0 radical (unpaired) electrons. The lowest BCUT2D eigenvalue weighted by Gasteiger charge is -2.25. The maximum absolute atomic E-state index is 12.6. The number of anilines is 1. The van der Waals surface area contributed by atoms with E-state index >= 15 is 0 Å². The molecule has 3 aliphatic heterocycles. The number of rotatable bonds is 2. The number of carbonyl (C=O) groups is 1. The number of nitrogens with zero attached hydrogens (tertiary/aromatic N) is 2. The summed E-state index contributed by atoms with van der Waals surface area (Å²) in [7, 11) is 0. The molecule has 20 heavy (non-hydrogen) atoms. The predicted molar refractivity (Wildman–Crippen MR) is 76.6 cm³/mol. The van der Waals surface area contributed by atoms with Gasteiger partial charge in [-0.2, -0.15) is 0 Å². The molecule has 1 aromatic carbocycles. The van der Waals surface area contributed by atoms with E-state index in [1.807, 2.05) is 35.2 Å². The van der Waals surface area contributed by atoms with Gasteiger partial charge in [-0.1, -0.05) is 18.2 Å². The minimum absolute atomic E-state index is 0.191. The molecular weight excluding hydrogens is 252 g/mol. The molecule has 0 aromatic heterocycles. The third kappa shape index (κ3) is 1.95. The summed E-state index contributed by atoms with van der Waals surface area (Å²) in [6.45, 7) is 4.56. The number of amides is 1. The molecule has 3 heterocycles. The second-order valence-electron chi connectivity index (χ2n) is 6.12. The molecule has 0 unspecified atom stereocenters. The summed E-state index contributed by atoms with van der Waals surface area (Å²) < 4.78 is 5.47. The van der Waals surface area contributed by atoms with Crippen molar-refractivity contribution in [2.24, 2.45) is 11.8 Å². The Kier molecular flexibility index (Phi) is 3.00. The van der Waals surface area contributed by atoms with Crippen molar-refractivity contribution in [1.29, 1.82) is 0 Å². The molecule has 3 saturated heterocycles. The van der Waals surface area contributed by atoms with Crippen LogP contribution in [0.5, 0.6) is 0 Å². The van der Waals surface area contributed by atoms with Crippen molar-refractivity contribution in [1.82, 2.24) is 4.90 Å². The number of fused-ring (bicyclic) bond motifs is 1. The Labute approximate surface area is 119 Å². The van der Waals surface area contributed by atoms with Gasteiger partial charge < -0.3 is 9.64 Å². The zero-order valence-corrected chi connectivity index (χ0v) is 11.6. The lowest BCUT2D eigenvalue weighted by molar-refractivity contribution is -0.120. The van der Waals surface area contributed by atoms with Crippen LogP contribution in [-0.4, -0.2) is 49.7 Å². The summed E-state index contributed by atoms with van der Waals surface area (Å²) in [5.74, 6) is 0.988. The van der Waals surface area contributed by atoms with E-state index in [-0.39, 0.29) is 5.92 Å². The van der Waals surface area contributed by atoms with E-state index in [1.54, 1.807) is 0 Å². The summed E-state index contributed by atoms with van der Waals surface area (Å²) in [5, 5.41) is 0. The highest BCUT2D eigenvalue weighted by Crippen LogP contribution is 2.36. The van der Waals surface area contributed by atoms with Crippen molar-refractivity contribution >= 4 is 11.6 Å². The van der Waals surface area contributed by atoms with E-state index in [9.17, 15) is 4.79 Å². The summed E-state index contributed by atoms with van der Waals surface area (Å²) in [6.07, 6.45) is 1.12. The van der Waals surface area contributed by atoms with E-state index < -0.39 is 0 Å². The first kappa shape index (κ1) is 12.4. The Bertz CT molecular complexity index is 498. The van der Waals surface area contributed by atoms with E-state index in [0.29, 0.717) is 17.9 Å². The number of carbonyl (C=O) groups excluding carboxylic acids is 1. The predicted octanol–water partition coefficient (Wildman–Crippen LogP) is 1.37. The van der Waals surface area contributed by atoms with Gasteiger partial charge in [0.05, 0.1) is 12.5 Å². The van der Waals surface area contributed by atoms with Crippen molar-refractivity contribution < 1.29 is 9.53 Å². The first-order valence-corrected chi connectivity index (χ1v) is 7.51. The lowest BCUT2D eigenvalue weighted by Crippen LogP contribution is -2.38. The largest absolute Gasteiger partial charge is 0.380 e. The normalized spacial score (nSPS) is 33.9. The summed E-state index contributed by atoms with van der Waals surface area (Å²) in [5.41, 5.74) is 1.04. The van der Waals surface area contributed by atoms with Gasteiger partial charge in [0.1, 0.15) is 0 Å². The fourth-order valence-corrected chi connectivity index (χ4v) is 3.84. The van der Waals surface area contributed by atoms with Gasteiger partial charge >= 0.3 is 0 Å². The number of likely N-dealkylation sites (tertiary alicyclic amines) is 1. The van der Waals surface area contributed by atoms with Gasteiger partial charge in [0.25, 0.3) is 0 Å². The Balaban J connectivity index is 1.48. The highest BCUT2D eigenvalue weighted by Gasteiger charge is 2.48. The third-order valence-corrected chi connectivity index (χ3v) is 4.96. The first-order valence-electron chi connectivity index (χ1n) is 7.51. The van der Waals surface area contributed by atoms with Gasteiger partial charge in [-0.25, -0.2) is 0 Å². The lowest BCUT2D eigenvalue weighted by atomic mass is 10.0. The van der Waals surface area contributed by atoms with Crippen molar-refractivity contribution in [3.63, 3.8) is 0 Å². The topological polar surface area (TPSA) is 32.8 Å². The molecule has 4 nitrogen and oxygen atoms in total. The van der Waals surface area contributed by atoms with Gasteiger partial charge in [0.15, 0.2) is 0 Å². The highest BCUT2D eigenvalue weighted by molar-refractivity contribution is 5.98. The SMILES string of the molecule is O=C1[C@H]2CN([C@@H]3CCOC3)C[C@H]2CN1c1ccccc1. The Morgan fingerprint density at radius 3 is 2.65 bits per heavy atom. The monoisotopic (exact) mass is 272 g/mol. The summed E-state index contributed by atoms with van der Waals surface area (Å²) >= 11 is 0. The molecule has 0 spiro atoms. The molecule has 3 aliphatic rings. The molecule has 3 fully saturated rings. The van der Waals surface area contributed by atoms with Gasteiger partial charge in [-0.15, -0.1) is 0 Å². The highest BCUT2D eigenvalue weighted by atomic mass is 16.5. The molecule has 0 N–H and O–H groups in total. The van der Waals surface area contributed by atoms with Crippen LogP contribution in [0.1, 0.15) is 6.42 Å². The molecule has 0 saturated carbocycles. The van der Waals surface area contributed by atoms with Crippen LogP contribution in [0.3, 0.4) is 0 Å². The minimum atomic E-state index is 0.191. The van der Waals surface area contributed by atoms with Crippen LogP contribution in [0.2, 0.25) is 0 Å². The molecule has 1 aromatic rings. The minimum Gasteiger partial charge on any atom is -0.380 e. The van der Waals surface area contributed by atoms with E-state index in [1.165, 1.54) is 0 Å². The quantitative estimate of drug-likeness (QED) is 0.815. The number of benzene rings is 1. The molecular formula is C16H20N2O2. The van der Waals surface area contributed by atoms with Crippen molar-refractivity contribution in [2.75, 3.05) is 37.7 Å².